The van der Waals surface area contributed by atoms with Gasteiger partial charge in [0.2, 0.25) is 0 Å². The summed E-state index contributed by atoms with van der Waals surface area (Å²) in [4.78, 5) is 11.5. The van der Waals surface area contributed by atoms with E-state index in [9.17, 15) is 4.79 Å². The molecular weight excluding hydrogens is 220 g/mol. The van der Waals surface area contributed by atoms with Crippen molar-refractivity contribution < 1.29 is 4.79 Å². The molecule has 1 aromatic rings. The van der Waals surface area contributed by atoms with Crippen molar-refractivity contribution in [2.24, 2.45) is 5.92 Å². The van der Waals surface area contributed by atoms with Crippen molar-refractivity contribution in [2.75, 3.05) is 0 Å². The summed E-state index contributed by atoms with van der Waals surface area (Å²) in [6.45, 7) is 2.03. The molecular formula is C14H17ClO. The largest absolute Gasteiger partial charge is 0.299 e. The van der Waals surface area contributed by atoms with Gasteiger partial charge in [-0.25, -0.2) is 0 Å². The number of benzene rings is 1. The number of halogens is 1. The Labute approximate surface area is 102 Å². The number of aryl methyl sites for hydroxylation is 2. The molecule has 1 aliphatic rings. The summed E-state index contributed by atoms with van der Waals surface area (Å²) in [5.41, 5.74) is 2.35. The number of hydrogen-bond donors (Lipinski definition) is 0. The lowest BCUT2D eigenvalue weighted by molar-refractivity contribution is -0.120. The molecule has 2 rings (SSSR count). The zero-order chi connectivity index (χ0) is 11.5. The third-order valence-corrected chi connectivity index (χ3v) is 3.46. The number of carbonyl (C=O) groups is 1. The molecule has 0 aliphatic heterocycles. The van der Waals surface area contributed by atoms with Crippen LogP contribution >= 0.6 is 11.6 Å². The van der Waals surface area contributed by atoms with Crippen LogP contribution in [0.5, 0.6) is 0 Å². The lowest BCUT2D eigenvalue weighted by atomic mass is 10.0. The SMILES string of the molecule is Cc1ccc(CCCC(=O)C2CC2)c(Cl)c1. The van der Waals surface area contributed by atoms with E-state index in [0.29, 0.717) is 11.7 Å². The van der Waals surface area contributed by atoms with Crippen LogP contribution in [0, 0.1) is 12.8 Å². The Kier molecular flexibility index (Phi) is 3.65. The molecule has 0 spiro atoms. The average Bonchev–Trinajstić information content (AvgIpc) is 3.04. The highest BCUT2D eigenvalue weighted by atomic mass is 35.5. The van der Waals surface area contributed by atoms with Gasteiger partial charge >= 0.3 is 0 Å². The van der Waals surface area contributed by atoms with Gasteiger partial charge in [-0.2, -0.15) is 0 Å². The first-order valence-electron chi connectivity index (χ1n) is 5.94. The Morgan fingerprint density at radius 2 is 2.19 bits per heavy atom. The van der Waals surface area contributed by atoms with Crippen molar-refractivity contribution in [1.82, 2.24) is 0 Å². The summed E-state index contributed by atoms with van der Waals surface area (Å²) in [5, 5.41) is 0.832. The smallest absolute Gasteiger partial charge is 0.135 e. The monoisotopic (exact) mass is 236 g/mol. The van der Waals surface area contributed by atoms with Gasteiger partial charge in [-0.3, -0.25) is 4.79 Å². The summed E-state index contributed by atoms with van der Waals surface area (Å²) in [7, 11) is 0. The molecule has 2 heteroatoms. The van der Waals surface area contributed by atoms with E-state index in [1.54, 1.807) is 0 Å². The molecule has 0 radical (unpaired) electrons. The van der Waals surface area contributed by atoms with Gasteiger partial charge < -0.3 is 0 Å². The molecule has 0 saturated heterocycles. The Balaban J connectivity index is 1.82. The Morgan fingerprint density at radius 1 is 1.44 bits per heavy atom. The van der Waals surface area contributed by atoms with Gasteiger partial charge in [-0.1, -0.05) is 23.7 Å². The Bertz CT molecular complexity index is 394. The lowest BCUT2D eigenvalue weighted by Gasteiger charge is -2.04. The number of hydrogen-bond acceptors (Lipinski definition) is 1. The predicted octanol–water partition coefficient (Wildman–Crippen LogP) is 3.95. The van der Waals surface area contributed by atoms with Gasteiger partial charge in [0.1, 0.15) is 5.78 Å². The van der Waals surface area contributed by atoms with Gasteiger partial charge in [-0.15, -0.1) is 0 Å². The first-order valence-corrected chi connectivity index (χ1v) is 6.32. The molecule has 0 N–H and O–H groups in total. The molecule has 1 fully saturated rings. The molecule has 86 valence electrons. The minimum Gasteiger partial charge on any atom is -0.299 e. The second kappa shape index (κ2) is 5.01. The minimum absolute atomic E-state index is 0.397. The summed E-state index contributed by atoms with van der Waals surface area (Å²) in [6.07, 6.45) is 4.79. The van der Waals surface area contributed by atoms with Gasteiger partial charge in [0.05, 0.1) is 0 Å². The van der Waals surface area contributed by atoms with Crippen molar-refractivity contribution in [3.63, 3.8) is 0 Å². The quantitative estimate of drug-likeness (QED) is 0.757. The minimum atomic E-state index is 0.397. The normalized spacial score (nSPS) is 15.1. The van der Waals surface area contributed by atoms with Gasteiger partial charge in [0.25, 0.3) is 0 Å². The molecule has 1 saturated carbocycles. The van der Waals surface area contributed by atoms with E-state index in [4.69, 9.17) is 11.6 Å². The molecule has 0 bridgehead atoms. The van der Waals surface area contributed by atoms with Crippen LogP contribution in [0.2, 0.25) is 5.02 Å². The third-order valence-electron chi connectivity index (χ3n) is 3.11. The van der Waals surface area contributed by atoms with Crippen LogP contribution < -0.4 is 0 Å². The predicted molar refractivity (Wildman–Crippen MR) is 66.9 cm³/mol. The fourth-order valence-corrected chi connectivity index (χ4v) is 2.25. The summed E-state index contributed by atoms with van der Waals surface area (Å²) < 4.78 is 0. The maximum absolute atomic E-state index is 11.5. The number of ketones is 1. The maximum Gasteiger partial charge on any atom is 0.135 e. The third kappa shape index (κ3) is 3.08. The van der Waals surface area contributed by atoms with E-state index in [-0.39, 0.29) is 0 Å². The zero-order valence-electron chi connectivity index (χ0n) is 9.63. The number of rotatable bonds is 5. The van der Waals surface area contributed by atoms with Crippen LogP contribution in [0.25, 0.3) is 0 Å². The summed E-state index contributed by atoms with van der Waals surface area (Å²) >= 11 is 6.13. The highest BCUT2D eigenvalue weighted by molar-refractivity contribution is 6.31. The van der Waals surface area contributed by atoms with E-state index >= 15 is 0 Å². The molecule has 1 aromatic carbocycles. The van der Waals surface area contributed by atoms with Crippen molar-refractivity contribution in [1.29, 1.82) is 0 Å². The number of carbonyl (C=O) groups excluding carboxylic acids is 1. The first kappa shape index (κ1) is 11.7. The molecule has 0 aromatic heterocycles. The standard InChI is InChI=1S/C14H17ClO/c1-10-5-6-11(13(15)9-10)3-2-4-14(16)12-7-8-12/h5-6,9,12H,2-4,7-8H2,1H3. The Hall–Kier alpha value is -0.820. The molecule has 1 aliphatic carbocycles. The van der Waals surface area contributed by atoms with Crippen LogP contribution in [0.1, 0.15) is 36.8 Å². The molecule has 0 amide bonds. The zero-order valence-corrected chi connectivity index (χ0v) is 10.4. The van der Waals surface area contributed by atoms with Crippen LogP contribution in [-0.4, -0.2) is 5.78 Å². The average molecular weight is 237 g/mol. The van der Waals surface area contributed by atoms with Crippen LogP contribution in [0.3, 0.4) is 0 Å². The highest BCUT2D eigenvalue weighted by Crippen LogP contribution is 2.31. The van der Waals surface area contributed by atoms with E-state index in [1.165, 1.54) is 5.56 Å². The Morgan fingerprint density at radius 3 is 2.81 bits per heavy atom. The van der Waals surface area contributed by atoms with Gasteiger partial charge in [-0.05, 0) is 49.8 Å². The van der Waals surface area contributed by atoms with Crippen molar-refractivity contribution in [3.8, 4) is 0 Å². The molecule has 16 heavy (non-hydrogen) atoms. The molecule has 0 unspecified atom stereocenters. The van der Waals surface area contributed by atoms with Gasteiger partial charge in [0.15, 0.2) is 0 Å². The number of Topliss-reactive ketones (excluding diaryl/α,β-unsaturated/α-hetero) is 1. The topological polar surface area (TPSA) is 17.1 Å². The second-order valence-electron chi connectivity index (χ2n) is 4.69. The van der Waals surface area contributed by atoms with E-state index in [0.717, 1.165) is 42.7 Å². The van der Waals surface area contributed by atoms with E-state index in [1.807, 2.05) is 13.0 Å². The van der Waals surface area contributed by atoms with E-state index < -0.39 is 0 Å². The van der Waals surface area contributed by atoms with Crippen molar-refractivity contribution in [3.05, 3.63) is 34.3 Å². The fraction of sp³-hybridized carbons (Fsp3) is 0.500. The van der Waals surface area contributed by atoms with Gasteiger partial charge in [0, 0.05) is 17.4 Å². The summed E-state index contributed by atoms with van der Waals surface area (Å²) in [5.74, 6) is 0.844. The van der Waals surface area contributed by atoms with Crippen molar-refractivity contribution in [2.45, 2.75) is 39.0 Å². The van der Waals surface area contributed by atoms with Crippen LogP contribution in [0.15, 0.2) is 18.2 Å². The van der Waals surface area contributed by atoms with Crippen LogP contribution in [0.4, 0.5) is 0 Å². The van der Waals surface area contributed by atoms with Crippen LogP contribution in [-0.2, 0) is 11.2 Å². The lowest BCUT2D eigenvalue weighted by Crippen LogP contribution is -2.00. The molecule has 0 heterocycles. The fourth-order valence-electron chi connectivity index (χ4n) is 1.92. The molecule has 0 atom stereocenters. The maximum atomic E-state index is 11.5. The highest BCUT2D eigenvalue weighted by Gasteiger charge is 2.28. The first-order chi connectivity index (χ1) is 7.66. The summed E-state index contributed by atoms with van der Waals surface area (Å²) in [6, 6.07) is 6.13. The second-order valence-corrected chi connectivity index (χ2v) is 5.10. The van der Waals surface area contributed by atoms with E-state index in [2.05, 4.69) is 12.1 Å². The van der Waals surface area contributed by atoms with Crippen molar-refractivity contribution >= 4 is 17.4 Å². The molecule has 1 nitrogen and oxygen atoms in total.